The summed E-state index contributed by atoms with van der Waals surface area (Å²) in [6, 6.07) is 1.47. The molecule has 1 aliphatic carbocycles. The zero-order valence-corrected chi connectivity index (χ0v) is 14.1. The first-order valence-electron chi connectivity index (χ1n) is 7.80. The van der Waals surface area contributed by atoms with Crippen LogP contribution in [-0.2, 0) is 13.6 Å². The van der Waals surface area contributed by atoms with Gasteiger partial charge in [-0.05, 0) is 55.1 Å². The molecule has 1 aromatic rings. The largest absolute Gasteiger partial charge is 0.313 e. The number of aromatic nitrogens is 2. The maximum absolute atomic E-state index is 4.52. The van der Waals surface area contributed by atoms with Crippen molar-refractivity contribution in [3.8, 4) is 0 Å². The molecule has 1 aromatic heterocycles. The lowest BCUT2D eigenvalue weighted by Gasteiger charge is -2.30. The van der Waals surface area contributed by atoms with E-state index in [-0.39, 0.29) is 0 Å². The first-order valence-corrected chi connectivity index (χ1v) is 8.60. The molecule has 1 saturated heterocycles. The van der Waals surface area contributed by atoms with Gasteiger partial charge in [0.25, 0.3) is 0 Å². The maximum Gasteiger partial charge on any atom is 0.0739 e. The number of rotatable bonds is 5. The predicted octanol–water partition coefficient (Wildman–Crippen LogP) is 2.60. The minimum atomic E-state index is 0.678. The van der Waals surface area contributed by atoms with Gasteiger partial charge in [-0.25, -0.2) is 0 Å². The lowest BCUT2D eigenvalue weighted by atomic mass is 10.0. The fourth-order valence-electron chi connectivity index (χ4n) is 3.19. The van der Waals surface area contributed by atoms with Crippen LogP contribution in [0.15, 0.2) is 4.47 Å². The molecule has 1 saturated carbocycles. The molecule has 2 heterocycles. The van der Waals surface area contributed by atoms with Crippen LogP contribution in [0, 0.1) is 6.92 Å². The molecule has 112 valence electrons. The molecule has 20 heavy (non-hydrogen) atoms. The lowest BCUT2D eigenvalue weighted by molar-refractivity contribution is 0.203. The van der Waals surface area contributed by atoms with Gasteiger partial charge < -0.3 is 5.32 Å². The van der Waals surface area contributed by atoms with Crippen molar-refractivity contribution in [2.75, 3.05) is 13.1 Å². The summed E-state index contributed by atoms with van der Waals surface area (Å²) in [5, 5.41) is 8.19. The zero-order chi connectivity index (χ0) is 14.1. The van der Waals surface area contributed by atoms with Crippen LogP contribution < -0.4 is 5.32 Å². The fraction of sp³-hybridized carbons (Fsp3) is 0.800. The van der Waals surface area contributed by atoms with E-state index in [4.69, 9.17) is 0 Å². The number of nitrogens with one attached hydrogen (secondary N) is 1. The monoisotopic (exact) mass is 340 g/mol. The van der Waals surface area contributed by atoms with Crippen molar-refractivity contribution in [3.63, 3.8) is 0 Å². The van der Waals surface area contributed by atoms with Gasteiger partial charge in [0, 0.05) is 32.2 Å². The molecule has 4 nitrogen and oxygen atoms in total. The second-order valence-electron chi connectivity index (χ2n) is 6.28. The number of hydrogen-bond acceptors (Lipinski definition) is 3. The predicted molar refractivity (Wildman–Crippen MR) is 84.7 cm³/mol. The molecule has 0 bridgehead atoms. The van der Waals surface area contributed by atoms with Crippen molar-refractivity contribution >= 4 is 15.9 Å². The number of nitrogens with zero attached hydrogens (tertiary/aromatic N) is 3. The Morgan fingerprint density at radius 2 is 2.15 bits per heavy atom. The normalized spacial score (nSPS) is 23.5. The Morgan fingerprint density at radius 1 is 1.35 bits per heavy atom. The highest BCUT2D eigenvalue weighted by atomic mass is 79.9. The first kappa shape index (κ1) is 14.5. The highest BCUT2D eigenvalue weighted by Crippen LogP contribution is 2.31. The summed E-state index contributed by atoms with van der Waals surface area (Å²) < 4.78 is 3.21. The Balaban J connectivity index is 1.67. The molecule has 2 aliphatic rings. The minimum Gasteiger partial charge on any atom is -0.313 e. The van der Waals surface area contributed by atoms with E-state index in [0.29, 0.717) is 6.04 Å². The summed E-state index contributed by atoms with van der Waals surface area (Å²) in [7, 11) is 2.05. The van der Waals surface area contributed by atoms with Crippen molar-refractivity contribution in [2.45, 2.75) is 57.7 Å². The van der Waals surface area contributed by atoms with Crippen LogP contribution in [-0.4, -0.2) is 39.9 Å². The summed E-state index contributed by atoms with van der Waals surface area (Å²) in [6.07, 6.45) is 6.77. The zero-order valence-electron chi connectivity index (χ0n) is 12.5. The molecule has 0 aromatic carbocycles. The quantitative estimate of drug-likeness (QED) is 0.894. The highest BCUT2D eigenvalue weighted by molar-refractivity contribution is 9.10. The summed E-state index contributed by atoms with van der Waals surface area (Å²) >= 11 is 3.70. The van der Waals surface area contributed by atoms with Crippen LogP contribution in [0.5, 0.6) is 0 Å². The van der Waals surface area contributed by atoms with E-state index < -0.39 is 0 Å². The van der Waals surface area contributed by atoms with Crippen molar-refractivity contribution < 1.29 is 0 Å². The van der Waals surface area contributed by atoms with E-state index in [9.17, 15) is 0 Å². The summed E-state index contributed by atoms with van der Waals surface area (Å²) in [6.45, 7) is 5.46. The fourth-order valence-corrected chi connectivity index (χ4v) is 3.65. The van der Waals surface area contributed by atoms with Gasteiger partial charge in [-0.3, -0.25) is 9.58 Å². The third kappa shape index (κ3) is 3.26. The lowest BCUT2D eigenvalue weighted by Crippen LogP contribution is -2.44. The van der Waals surface area contributed by atoms with Gasteiger partial charge in [-0.15, -0.1) is 0 Å². The molecule has 1 atom stereocenters. The first-order chi connectivity index (χ1) is 9.65. The molecule has 1 aliphatic heterocycles. The molecule has 0 amide bonds. The molecule has 1 unspecified atom stereocenters. The Kier molecular flexibility index (Phi) is 4.48. The maximum atomic E-state index is 4.52. The van der Waals surface area contributed by atoms with Crippen LogP contribution in [0.2, 0.25) is 0 Å². The molecule has 5 heteroatoms. The van der Waals surface area contributed by atoms with E-state index >= 15 is 0 Å². The Morgan fingerprint density at radius 3 is 2.70 bits per heavy atom. The van der Waals surface area contributed by atoms with Gasteiger partial charge in [0.15, 0.2) is 0 Å². The topological polar surface area (TPSA) is 33.1 Å². The number of piperidine rings is 1. The molecule has 3 rings (SSSR count). The molecular weight excluding hydrogens is 316 g/mol. The molecule has 0 spiro atoms. The number of halogens is 1. The molecule has 2 fully saturated rings. The van der Waals surface area contributed by atoms with Crippen LogP contribution in [0.3, 0.4) is 0 Å². The summed E-state index contributed by atoms with van der Waals surface area (Å²) in [5.74, 6) is 0. The van der Waals surface area contributed by atoms with Gasteiger partial charge in [0.2, 0.25) is 0 Å². The van der Waals surface area contributed by atoms with Gasteiger partial charge in [-0.2, -0.15) is 5.10 Å². The summed E-state index contributed by atoms with van der Waals surface area (Å²) in [4.78, 5) is 2.66. The number of hydrogen-bond donors (Lipinski definition) is 1. The Bertz CT molecular complexity index is 461. The Labute approximate surface area is 130 Å². The molecule has 1 N–H and O–H groups in total. The van der Waals surface area contributed by atoms with Crippen LogP contribution in [0.25, 0.3) is 0 Å². The second-order valence-corrected chi connectivity index (χ2v) is 7.07. The third-order valence-electron chi connectivity index (χ3n) is 4.55. The third-order valence-corrected chi connectivity index (χ3v) is 5.58. The van der Waals surface area contributed by atoms with E-state index in [2.05, 4.69) is 45.2 Å². The average Bonchev–Trinajstić information content (AvgIpc) is 3.24. The SMILES string of the molecule is Cc1nn(C)c(CN(CC2CCCCN2)C2CC2)c1Br. The van der Waals surface area contributed by atoms with Crippen LogP contribution in [0.1, 0.15) is 43.5 Å². The second kappa shape index (κ2) is 6.16. The molecule has 0 radical (unpaired) electrons. The Hall–Kier alpha value is -0.390. The van der Waals surface area contributed by atoms with Crippen molar-refractivity contribution in [3.05, 3.63) is 15.9 Å². The minimum absolute atomic E-state index is 0.678. The highest BCUT2D eigenvalue weighted by Gasteiger charge is 2.32. The molecular formula is C15H25BrN4. The van der Waals surface area contributed by atoms with Crippen molar-refractivity contribution in [1.29, 1.82) is 0 Å². The average molecular weight is 341 g/mol. The van der Waals surface area contributed by atoms with Gasteiger partial charge in [0.1, 0.15) is 0 Å². The van der Waals surface area contributed by atoms with E-state index in [0.717, 1.165) is 18.3 Å². The van der Waals surface area contributed by atoms with Crippen LogP contribution >= 0.6 is 15.9 Å². The van der Waals surface area contributed by atoms with Gasteiger partial charge in [-0.1, -0.05) is 6.42 Å². The number of aryl methyl sites for hydroxylation is 2. The standard InChI is InChI=1S/C15H25BrN4/c1-11-15(16)14(19(2)18-11)10-20(13-6-7-13)9-12-5-3-4-8-17-12/h12-13,17H,3-10H2,1-2H3. The van der Waals surface area contributed by atoms with E-state index in [1.165, 1.54) is 55.4 Å². The van der Waals surface area contributed by atoms with E-state index in [1.54, 1.807) is 0 Å². The van der Waals surface area contributed by atoms with Crippen molar-refractivity contribution in [2.24, 2.45) is 7.05 Å². The van der Waals surface area contributed by atoms with Crippen molar-refractivity contribution in [1.82, 2.24) is 20.0 Å². The summed E-state index contributed by atoms with van der Waals surface area (Å²) in [5.41, 5.74) is 2.40. The smallest absolute Gasteiger partial charge is 0.0739 e. The van der Waals surface area contributed by atoms with Crippen LogP contribution in [0.4, 0.5) is 0 Å². The van der Waals surface area contributed by atoms with E-state index in [1.807, 2.05) is 4.68 Å². The van der Waals surface area contributed by atoms with Gasteiger partial charge >= 0.3 is 0 Å². The van der Waals surface area contributed by atoms with Gasteiger partial charge in [0.05, 0.1) is 15.9 Å².